The van der Waals surface area contributed by atoms with Crippen molar-refractivity contribution in [2.45, 2.75) is 39.2 Å². The van der Waals surface area contributed by atoms with Gasteiger partial charge in [0.2, 0.25) is 5.78 Å². The van der Waals surface area contributed by atoms with Gasteiger partial charge in [-0.3, -0.25) is 9.59 Å². The zero-order valence-electron chi connectivity index (χ0n) is 19.0. The van der Waals surface area contributed by atoms with Crippen LogP contribution in [-0.4, -0.2) is 101 Å². The van der Waals surface area contributed by atoms with Gasteiger partial charge in [-0.1, -0.05) is 0 Å². The Labute approximate surface area is 187 Å². The second kappa shape index (κ2) is 18.3. The largest absolute Gasteiger partial charge is 0.476 e. The molecule has 0 aliphatic carbocycles. The molecule has 0 saturated heterocycles. The summed E-state index contributed by atoms with van der Waals surface area (Å²) in [5.74, 6) is -3.25. The summed E-state index contributed by atoms with van der Waals surface area (Å²) < 4.78 is 31.1. The Morgan fingerprint density at radius 2 is 1.19 bits per heavy atom. The molecule has 0 radical (unpaired) electrons. The molecule has 32 heavy (non-hydrogen) atoms. The molecule has 186 valence electrons. The van der Waals surface area contributed by atoms with Gasteiger partial charge in [0, 0.05) is 13.0 Å². The molecule has 0 saturated carbocycles. The number of hydrogen-bond donors (Lipinski definition) is 2. The normalized spacial score (nSPS) is 11.1. The molecule has 0 fully saturated rings. The van der Waals surface area contributed by atoms with Gasteiger partial charge >= 0.3 is 18.0 Å². The van der Waals surface area contributed by atoms with Crippen molar-refractivity contribution in [3.05, 3.63) is 0 Å². The summed E-state index contributed by atoms with van der Waals surface area (Å²) in [4.78, 5) is 43.8. The van der Waals surface area contributed by atoms with E-state index in [1.54, 1.807) is 20.8 Å². The molecule has 0 atom stereocenters. The summed E-state index contributed by atoms with van der Waals surface area (Å²) in [7, 11) is 0. The number of Topliss-reactive ketones (excluding diaryl/α,β-unsaturated/α-hetero) is 1. The maximum absolute atomic E-state index is 11.4. The third kappa shape index (κ3) is 21.0. The van der Waals surface area contributed by atoms with E-state index in [0.29, 0.717) is 52.8 Å². The molecule has 0 heterocycles. The van der Waals surface area contributed by atoms with Crippen LogP contribution in [0.3, 0.4) is 0 Å². The Hall–Kier alpha value is -2.28. The molecule has 12 heteroatoms. The number of carboxylic acid groups (broad SMARTS) is 1. The smallest absolute Gasteiger partial charge is 0.407 e. The van der Waals surface area contributed by atoms with Crippen LogP contribution in [0.15, 0.2) is 0 Å². The first-order chi connectivity index (χ1) is 15.1. The quantitative estimate of drug-likeness (QED) is 0.156. The third-order valence-corrected chi connectivity index (χ3v) is 3.32. The van der Waals surface area contributed by atoms with E-state index in [4.69, 9.17) is 33.5 Å². The molecular weight excluding hydrogens is 430 g/mol. The molecule has 0 spiro atoms. The number of nitrogens with one attached hydrogen (secondary N) is 1. The highest BCUT2D eigenvalue weighted by molar-refractivity contribution is 6.32. The van der Waals surface area contributed by atoms with Crippen LogP contribution < -0.4 is 5.32 Å². The Balaban J connectivity index is 3.28. The molecule has 0 aromatic heterocycles. The second-order valence-electron chi connectivity index (χ2n) is 7.33. The highest BCUT2D eigenvalue weighted by Gasteiger charge is 2.15. The lowest BCUT2D eigenvalue weighted by atomic mass is 10.2. The number of rotatable bonds is 19. The van der Waals surface area contributed by atoms with Crippen molar-refractivity contribution in [3.63, 3.8) is 0 Å². The number of carboxylic acids is 1. The van der Waals surface area contributed by atoms with Gasteiger partial charge in [0.1, 0.15) is 12.2 Å². The number of carbonyl (C=O) groups excluding carboxylic acids is 3. The van der Waals surface area contributed by atoms with Gasteiger partial charge < -0.3 is 38.8 Å². The molecule has 0 bridgehead atoms. The number of ketones is 1. The van der Waals surface area contributed by atoms with Crippen molar-refractivity contribution in [1.82, 2.24) is 5.32 Å². The Kier molecular flexibility index (Phi) is 17.0. The molecule has 0 rings (SSSR count). The van der Waals surface area contributed by atoms with Gasteiger partial charge in [-0.05, 0) is 20.8 Å². The Morgan fingerprint density at radius 1 is 0.719 bits per heavy atom. The topological polar surface area (TPSA) is 156 Å². The number of ether oxygens (including phenoxy) is 6. The monoisotopic (exact) mass is 465 g/mol. The average molecular weight is 465 g/mol. The molecule has 2 N–H and O–H groups in total. The lowest BCUT2D eigenvalue weighted by molar-refractivity contribution is -0.151. The Bertz CT molecular complexity index is 560. The molecule has 0 unspecified atom stereocenters. The van der Waals surface area contributed by atoms with E-state index in [1.807, 2.05) is 0 Å². The summed E-state index contributed by atoms with van der Waals surface area (Å²) in [5, 5.41) is 11.0. The molecule has 1 amide bonds. The summed E-state index contributed by atoms with van der Waals surface area (Å²) >= 11 is 0. The summed E-state index contributed by atoms with van der Waals surface area (Å²) in [6, 6.07) is 0. The molecule has 12 nitrogen and oxygen atoms in total. The van der Waals surface area contributed by atoms with E-state index in [9.17, 15) is 19.2 Å². The van der Waals surface area contributed by atoms with Crippen molar-refractivity contribution in [2.24, 2.45) is 0 Å². The number of alkyl carbamates (subject to hydrolysis) is 1. The summed E-state index contributed by atoms with van der Waals surface area (Å²) in [6.45, 7) is 8.47. The number of carbonyl (C=O) groups is 4. The fourth-order valence-corrected chi connectivity index (χ4v) is 1.91. The van der Waals surface area contributed by atoms with E-state index < -0.39 is 29.4 Å². The first-order valence-corrected chi connectivity index (χ1v) is 10.3. The van der Waals surface area contributed by atoms with Crippen LogP contribution >= 0.6 is 0 Å². The average Bonchev–Trinajstić information content (AvgIpc) is 2.70. The second-order valence-corrected chi connectivity index (χ2v) is 7.33. The van der Waals surface area contributed by atoms with Crippen LogP contribution in [0.4, 0.5) is 4.79 Å². The van der Waals surface area contributed by atoms with Crippen LogP contribution in [0.5, 0.6) is 0 Å². The van der Waals surface area contributed by atoms with Gasteiger partial charge in [-0.25, -0.2) is 9.59 Å². The summed E-state index contributed by atoms with van der Waals surface area (Å²) in [6.07, 6.45) is -1.14. The van der Waals surface area contributed by atoms with E-state index in [1.165, 1.54) is 0 Å². The van der Waals surface area contributed by atoms with Crippen molar-refractivity contribution < 1.29 is 52.7 Å². The minimum atomic E-state index is -1.57. The SMILES string of the molecule is CC(C)(C)OC(=O)NCCOCCOCCOCCOCCOC(=O)CCC(=O)C(=O)O. The lowest BCUT2D eigenvalue weighted by Crippen LogP contribution is -2.34. The van der Waals surface area contributed by atoms with Gasteiger partial charge in [0.15, 0.2) is 0 Å². The fraction of sp³-hybridized carbons (Fsp3) is 0.800. The molecule has 0 aromatic carbocycles. The van der Waals surface area contributed by atoms with Crippen molar-refractivity contribution in [2.75, 3.05) is 66.0 Å². The first kappa shape index (κ1) is 29.7. The molecule has 0 aromatic rings. The minimum Gasteiger partial charge on any atom is -0.476 e. The van der Waals surface area contributed by atoms with Crippen LogP contribution in [0.25, 0.3) is 0 Å². The Morgan fingerprint density at radius 3 is 1.66 bits per heavy atom. The van der Waals surface area contributed by atoms with E-state index in [2.05, 4.69) is 5.32 Å². The van der Waals surface area contributed by atoms with Crippen LogP contribution in [0.1, 0.15) is 33.6 Å². The van der Waals surface area contributed by atoms with Crippen molar-refractivity contribution in [3.8, 4) is 0 Å². The van der Waals surface area contributed by atoms with Crippen LogP contribution in [0.2, 0.25) is 0 Å². The summed E-state index contributed by atoms with van der Waals surface area (Å²) in [5.41, 5.74) is -0.531. The molecular formula is C20H35NO11. The van der Waals surface area contributed by atoms with E-state index >= 15 is 0 Å². The van der Waals surface area contributed by atoms with Crippen LogP contribution in [-0.2, 0) is 42.8 Å². The van der Waals surface area contributed by atoms with E-state index in [-0.39, 0.29) is 26.1 Å². The van der Waals surface area contributed by atoms with Crippen LogP contribution in [0, 0.1) is 0 Å². The number of hydrogen-bond acceptors (Lipinski definition) is 10. The highest BCUT2D eigenvalue weighted by atomic mass is 16.6. The number of amides is 1. The standard InChI is InChI=1S/C20H35NO11/c1-20(2,3)32-19(26)21-6-7-27-8-9-28-10-11-29-12-13-30-14-15-31-17(23)5-4-16(22)18(24)25/h4-15H2,1-3H3,(H,21,26)(H,24,25). The minimum absolute atomic E-state index is 0.0104. The lowest BCUT2D eigenvalue weighted by Gasteiger charge is -2.19. The maximum Gasteiger partial charge on any atom is 0.407 e. The zero-order valence-corrected chi connectivity index (χ0v) is 19.0. The number of esters is 1. The van der Waals surface area contributed by atoms with Crippen molar-refractivity contribution >= 4 is 23.8 Å². The van der Waals surface area contributed by atoms with Gasteiger partial charge in [-0.2, -0.15) is 0 Å². The highest BCUT2D eigenvalue weighted by Crippen LogP contribution is 2.06. The maximum atomic E-state index is 11.4. The third-order valence-electron chi connectivity index (χ3n) is 3.32. The zero-order chi connectivity index (χ0) is 24.2. The van der Waals surface area contributed by atoms with Gasteiger partial charge in [0.25, 0.3) is 0 Å². The van der Waals surface area contributed by atoms with E-state index in [0.717, 1.165) is 0 Å². The number of aliphatic carboxylic acids is 1. The van der Waals surface area contributed by atoms with Crippen molar-refractivity contribution in [1.29, 1.82) is 0 Å². The molecule has 0 aliphatic rings. The predicted octanol–water partition coefficient (Wildman–Crippen LogP) is 0.555. The first-order valence-electron chi connectivity index (χ1n) is 10.3. The van der Waals surface area contributed by atoms with Gasteiger partial charge in [0.05, 0.1) is 59.3 Å². The molecule has 0 aliphatic heterocycles. The van der Waals surface area contributed by atoms with Gasteiger partial charge in [-0.15, -0.1) is 0 Å². The fourth-order valence-electron chi connectivity index (χ4n) is 1.91. The predicted molar refractivity (Wildman–Crippen MR) is 110 cm³/mol.